The quantitative estimate of drug-likeness (QED) is 0.504. The van der Waals surface area contributed by atoms with Gasteiger partial charge in [-0.25, -0.2) is 0 Å². The Balaban J connectivity index is 1.56. The van der Waals surface area contributed by atoms with Crippen LogP contribution in [0.4, 0.5) is 5.69 Å². The highest BCUT2D eigenvalue weighted by Gasteiger charge is 2.36. The van der Waals surface area contributed by atoms with E-state index in [9.17, 15) is 19.2 Å². The average molecular weight is 419 g/mol. The molecule has 6 nitrogen and oxygen atoms in total. The maximum Gasteiger partial charge on any atom is 0.262 e. The second-order valence-electron chi connectivity index (χ2n) is 6.68. The van der Waals surface area contributed by atoms with E-state index in [1.807, 2.05) is 0 Å². The predicted molar refractivity (Wildman–Crippen MR) is 112 cm³/mol. The lowest BCUT2D eigenvalue weighted by Crippen LogP contribution is -2.37. The van der Waals surface area contributed by atoms with Crippen LogP contribution in [0.1, 0.15) is 36.6 Å². The number of hydrogen-bond acceptors (Lipinski definition) is 4. The highest BCUT2D eigenvalue weighted by Crippen LogP contribution is 2.25. The molecule has 7 heteroatoms. The Labute approximate surface area is 177 Å². The Morgan fingerprint density at radius 1 is 0.833 bits per heavy atom. The summed E-state index contributed by atoms with van der Waals surface area (Å²) in [7, 11) is 0. The number of carbonyl (C=O) groups is 4. The number of rotatable bonds is 5. The third-order valence-electron chi connectivity index (χ3n) is 4.72. The molecule has 3 aromatic rings. The average Bonchev–Trinajstić information content (AvgIpc) is 2.99. The van der Waals surface area contributed by atoms with Gasteiger partial charge in [0.15, 0.2) is 5.78 Å². The van der Waals surface area contributed by atoms with Crippen LogP contribution in [0.2, 0.25) is 5.02 Å². The number of nitrogens with one attached hydrogen (secondary N) is 1. The topological polar surface area (TPSA) is 83.6 Å². The van der Waals surface area contributed by atoms with Gasteiger partial charge in [0.2, 0.25) is 5.91 Å². The zero-order valence-corrected chi connectivity index (χ0v) is 16.3. The van der Waals surface area contributed by atoms with Crippen molar-refractivity contribution in [3.8, 4) is 0 Å². The zero-order valence-electron chi connectivity index (χ0n) is 15.6. The van der Waals surface area contributed by atoms with E-state index < -0.39 is 24.3 Å². The lowest BCUT2D eigenvalue weighted by atomic mass is 10.0. The lowest BCUT2D eigenvalue weighted by molar-refractivity contribution is -0.116. The van der Waals surface area contributed by atoms with Crippen LogP contribution in [0.3, 0.4) is 0 Å². The number of ketones is 1. The summed E-state index contributed by atoms with van der Waals surface area (Å²) in [5, 5.41) is 2.94. The number of nitrogens with zero attached hydrogens (tertiary/aromatic N) is 1. The zero-order chi connectivity index (χ0) is 21.3. The molecule has 1 aliphatic heterocycles. The predicted octanol–water partition coefficient (Wildman–Crippen LogP) is 3.81. The van der Waals surface area contributed by atoms with Crippen LogP contribution in [0.15, 0.2) is 72.8 Å². The minimum Gasteiger partial charge on any atom is -0.324 e. The van der Waals surface area contributed by atoms with Crippen molar-refractivity contribution in [1.29, 1.82) is 0 Å². The first-order valence-electron chi connectivity index (χ1n) is 9.10. The molecule has 3 amide bonds. The van der Waals surface area contributed by atoms with Gasteiger partial charge in [0.05, 0.1) is 16.8 Å². The van der Waals surface area contributed by atoms with E-state index in [1.54, 1.807) is 60.7 Å². The maximum atomic E-state index is 12.8. The van der Waals surface area contributed by atoms with E-state index in [0.717, 1.165) is 4.90 Å². The van der Waals surface area contributed by atoms with Crippen molar-refractivity contribution in [2.45, 2.75) is 0 Å². The molecule has 0 unspecified atom stereocenters. The second kappa shape index (κ2) is 7.93. The van der Waals surface area contributed by atoms with Crippen molar-refractivity contribution in [2.75, 3.05) is 11.9 Å². The molecule has 0 aliphatic carbocycles. The molecule has 3 aromatic carbocycles. The summed E-state index contributed by atoms with van der Waals surface area (Å²) in [5.41, 5.74) is 1.44. The SMILES string of the molecule is O=C(CN1C(=O)c2ccccc2C1=O)Nc1cc(Cl)ccc1C(=O)c1ccccc1. The van der Waals surface area contributed by atoms with E-state index in [0.29, 0.717) is 10.6 Å². The number of anilines is 1. The monoisotopic (exact) mass is 418 g/mol. The molecule has 0 aromatic heterocycles. The van der Waals surface area contributed by atoms with Crippen molar-refractivity contribution in [3.05, 3.63) is 100 Å². The minimum absolute atomic E-state index is 0.206. The molecule has 4 rings (SSSR count). The summed E-state index contributed by atoms with van der Waals surface area (Å²) in [4.78, 5) is 51.3. The first kappa shape index (κ1) is 19.5. The molecule has 0 atom stereocenters. The Bertz CT molecular complexity index is 1160. The maximum absolute atomic E-state index is 12.8. The van der Waals surface area contributed by atoms with Gasteiger partial charge < -0.3 is 5.32 Å². The van der Waals surface area contributed by atoms with Crippen LogP contribution >= 0.6 is 11.6 Å². The molecule has 0 fully saturated rings. The number of amides is 3. The molecule has 1 aliphatic rings. The molecule has 0 bridgehead atoms. The van der Waals surface area contributed by atoms with E-state index in [2.05, 4.69) is 5.32 Å². The number of imide groups is 1. The number of fused-ring (bicyclic) bond motifs is 1. The van der Waals surface area contributed by atoms with Crippen molar-refractivity contribution in [2.24, 2.45) is 0 Å². The number of hydrogen-bond donors (Lipinski definition) is 1. The smallest absolute Gasteiger partial charge is 0.262 e. The van der Waals surface area contributed by atoms with Gasteiger partial charge in [-0.15, -0.1) is 0 Å². The Hall–Kier alpha value is -3.77. The van der Waals surface area contributed by atoms with Gasteiger partial charge in [-0.3, -0.25) is 24.1 Å². The highest BCUT2D eigenvalue weighted by molar-refractivity contribution is 6.31. The van der Waals surface area contributed by atoms with Gasteiger partial charge in [-0.2, -0.15) is 0 Å². The lowest BCUT2D eigenvalue weighted by Gasteiger charge is -2.15. The Morgan fingerprint density at radius 3 is 2.07 bits per heavy atom. The standard InChI is InChI=1S/C23H15ClN2O4/c24-15-10-11-18(21(28)14-6-2-1-3-7-14)19(12-15)25-20(27)13-26-22(29)16-8-4-5-9-17(16)23(26)30/h1-12H,13H2,(H,25,27). The van der Waals surface area contributed by atoms with E-state index >= 15 is 0 Å². The number of carbonyl (C=O) groups excluding carboxylic acids is 4. The molecule has 30 heavy (non-hydrogen) atoms. The fourth-order valence-corrected chi connectivity index (χ4v) is 3.45. The fourth-order valence-electron chi connectivity index (χ4n) is 3.28. The summed E-state index contributed by atoms with van der Waals surface area (Å²) in [6.45, 7) is -0.474. The Morgan fingerprint density at radius 2 is 1.43 bits per heavy atom. The molecular formula is C23H15ClN2O4. The van der Waals surface area contributed by atoms with E-state index in [-0.39, 0.29) is 28.2 Å². The number of benzene rings is 3. The summed E-state index contributed by atoms with van der Waals surface area (Å²) >= 11 is 6.05. The summed E-state index contributed by atoms with van der Waals surface area (Å²) < 4.78 is 0. The third kappa shape index (κ3) is 3.60. The summed E-state index contributed by atoms with van der Waals surface area (Å²) in [6.07, 6.45) is 0. The van der Waals surface area contributed by atoms with Gasteiger partial charge in [0.25, 0.3) is 11.8 Å². The summed E-state index contributed by atoms with van der Waals surface area (Å²) in [5.74, 6) is -1.97. The molecule has 0 saturated carbocycles. The van der Waals surface area contributed by atoms with Crippen molar-refractivity contribution < 1.29 is 19.2 Å². The van der Waals surface area contributed by atoms with Crippen molar-refractivity contribution in [3.63, 3.8) is 0 Å². The second-order valence-corrected chi connectivity index (χ2v) is 7.11. The molecule has 0 saturated heterocycles. The molecule has 0 radical (unpaired) electrons. The number of halogens is 1. The van der Waals surface area contributed by atoms with Gasteiger partial charge in [-0.05, 0) is 30.3 Å². The van der Waals surface area contributed by atoms with Crippen LogP contribution < -0.4 is 5.32 Å². The van der Waals surface area contributed by atoms with Crippen LogP contribution in [0.5, 0.6) is 0 Å². The first-order chi connectivity index (χ1) is 14.5. The molecule has 0 spiro atoms. The van der Waals surface area contributed by atoms with Crippen LogP contribution in [-0.4, -0.2) is 34.9 Å². The van der Waals surface area contributed by atoms with Crippen LogP contribution in [-0.2, 0) is 4.79 Å². The van der Waals surface area contributed by atoms with Gasteiger partial charge in [-0.1, -0.05) is 54.1 Å². The minimum atomic E-state index is -0.617. The molecule has 148 valence electrons. The van der Waals surface area contributed by atoms with Crippen molar-refractivity contribution in [1.82, 2.24) is 4.90 Å². The third-order valence-corrected chi connectivity index (χ3v) is 4.95. The van der Waals surface area contributed by atoms with E-state index in [1.165, 1.54) is 12.1 Å². The molecular weight excluding hydrogens is 404 g/mol. The normalized spacial score (nSPS) is 12.6. The molecule has 1 heterocycles. The van der Waals surface area contributed by atoms with Crippen LogP contribution in [0.25, 0.3) is 0 Å². The fraction of sp³-hybridized carbons (Fsp3) is 0.0435. The Kier molecular flexibility index (Phi) is 5.16. The molecule has 1 N–H and O–H groups in total. The highest BCUT2D eigenvalue weighted by atomic mass is 35.5. The van der Waals surface area contributed by atoms with Gasteiger partial charge >= 0.3 is 0 Å². The largest absolute Gasteiger partial charge is 0.324 e. The van der Waals surface area contributed by atoms with Crippen LogP contribution in [0, 0.1) is 0 Å². The van der Waals surface area contributed by atoms with Crippen molar-refractivity contribution >= 4 is 40.8 Å². The van der Waals surface area contributed by atoms with Gasteiger partial charge in [0, 0.05) is 16.1 Å². The summed E-state index contributed by atoms with van der Waals surface area (Å²) in [6, 6.07) is 19.5. The first-order valence-corrected chi connectivity index (χ1v) is 9.48. The van der Waals surface area contributed by atoms with Gasteiger partial charge in [0.1, 0.15) is 6.54 Å². The van der Waals surface area contributed by atoms with E-state index in [4.69, 9.17) is 11.6 Å².